The van der Waals surface area contributed by atoms with Gasteiger partial charge in [-0.05, 0) is 6.42 Å². The highest BCUT2D eigenvalue weighted by atomic mass is 31.3. The molecule has 1 aliphatic rings. The number of rotatable bonds is 8. The van der Waals surface area contributed by atoms with Crippen LogP contribution >= 0.6 is 23.5 Å². The fraction of sp³-hybridized carbons (Fsp3) is 0.545. The third-order valence-electron chi connectivity index (χ3n) is 4.02. The van der Waals surface area contributed by atoms with Crippen LogP contribution in [0.4, 0.5) is 5.95 Å². The van der Waals surface area contributed by atoms with Gasteiger partial charge in [0.15, 0.2) is 11.2 Å². The SMILES string of the molecule is C[C@H]1C[C@@H](COP(=O)(O)OP(=O)(O)OP(=O)(O)O)OC1n1cnc2c(=O)[nH]c(N)nc21. The summed E-state index contributed by atoms with van der Waals surface area (Å²) in [7, 11) is -16.3. The van der Waals surface area contributed by atoms with Crippen LogP contribution < -0.4 is 11.3 Å². The topological polar surface area (TPSA) is 259 Å². The molecule has 1 saturated heterocycles. The van der Waals surface area contributed by atoms with Gasteiger partial charge in [0, 0.05) is 5.92 Å². The van der Waals surface area contributed by atoms with Gasteiger partial charge in [-0.1, -0.05) is 6.92 Å². The van der Waals surface area contributed by atoms with Crippen LogP contribution in [-0.2, 0) is 31.6 Å². The van der Waals surface area contributed by atoms with Gasteiger partial charge in [-0.15, -0.1) is 0 Å². The highest BCUT2D eigenvalue weighted by Crippen LogP contribution is 2.66. The monoisotopic (exact) mass is 505 g/mol. The average molecular weight is 505 g/mol. The van der Waals surface area contributed by atoms with Gasteiger partial charge in [0.1, 0.15) is 6.23 Å². The van der Waals surface area contributed by atoms with Gasteiger partial charge in [0.2, 0.25) is 5.95 Å². The number of ether oxygens (including phenoxy) is 1. The van der Waals surface area contributed by atoms with Crippen LogP contribution in [0.5, 0.6) is 0 Å². The maximum atomic E-state index is 11.9. The van der Waals surface area contributed by atoms with E-state index in [0.29, 0.717) is 6.42 Å². The molecule has 0 amide bonds. The van der Waals surface area contributed by atoms with Crippen molar-refractivity contribution in [2.24, 2.45) is 5.92 Å². The molecule has 0 bridgehead atoms. The number of hydrogen-bond acceptors (Lipinski definition) is 11. The third kappa shape index (κ3) is 6.06. The molecule has 2 aromatic rings. The predicted molar refractivity (Wildman–Crippen MR) is 100 cm³/mol. The summed E-state index contributed by atoms with van der Waals surface area (Å²) in [5.74, 6) is -0.344. The number of nitrogens with two attached hydrogens (primary N) is 1. The molecule has 17 nitrogen and oxygen atoms in total. The highest BCUT2D eigenvalue weighted by Gasteiger charge is 2.42. The first-order valence-electron chi connectivity index (χ1n) is 8.32. The van der Waals surface area contributed by atoms with E-state index in [2.05, 4.69) is 28.1 Å². The van der Waals surface area contributed by atoms with Crippen molar-refractivity contribution in [3.8, 4) is 0 Å². The van der Waals surface area contributed by atoms with E-state index in [1.165, 1.54) is 10.9 Å². The number of aromatic amines is 1. The van der Waals surface area contributed by atoms with Crippen molar-refractivity contribution in [2.75, 3.05) is 12.3 Å². The molecule has 0 spiro atoms. The summed E-state index contributed by atoms with van der Waals surface area (Å²) >= 11 is 0. The van der Waals surface area contributed by atoms with Crippen molar-refractivity contribution in [3.05, 3.63) is 16.7 Å². The lowest BCUT2D eigenvalue weighted by atomic mass is 10.1. The van der Waals surface area contributed by atoms with Crippen molar-refractivity contribution in [3.63, 3.8) is 0 Å². The van der Waals surface area contributed by atoms with Crippen LogP contribution in [0.3, 0.4) is 0 Å². The summed E-state index contributed by atoms with van der Waals surface area (Å²) in [5.41, 5.74) is 5.20. The Morgan fingerprint density at radius 1 is 1.26 bits per heavy atom. The zero-order chi connectivity index (χ0) is 23.2. The van der Waals surface area contributed by atoms with Crippen molar-refractivity contribution < 1.29 is 51.2 Å². The zero-order valence-corrected chi connectivity index (χ0v) is 18.2. The highest BCUT2D eigenvalue weighted by molar-refractivity contribution is 7.66. The summed E-state index contributed by atoms with van der Waals surface area (Å²) < 4.78 is 52.9. The number of phosphoric ester groups is 1. The maximum Gasteiger partial charge on any atom is 0.490 e. The minimum atomic E-state index is -5.60. The Balaban J connectivity index is 1.67. The van der Waals surface area contributed by atoms with Crippen LogP contribution in [0.1, 0.15) is 19.6 Å². The Morgan fingerprint density at radius 3 is 2.58 bits per heavy atom. The lowest BCUT2D eigenvalue weighted by Crippen LogP contribution is -2.18. The molecule has 0 radical (unpaired) electrons. The average Bonchev–Trinajstić information content (AvgIpc) is 3.12. The van der Waals surface area contributed by atoms with Crippen LogP contribution in [0.15, 0.2) is 11.1 Å². The molecule has 3 rings (SSSR count). The van der Waals surface area contributed by atoms with Gasteiger partial charge >= 0.3 is 23.5 Å². The van der Waals surface area contributed by atoms with Gasteiger partial charge in [-0.3, -0.25) is 18.9 Å². The number of anilines is 1. The third-order valence-corrected chi connectivity index (χ3v) is 7.82. The van der Waals surface area contributed by atoms with Gasteiger partial charge in [0.05, 0.1) is 19.0 Å². The molecule has 1 fully saturated rings. The molecule has 20 heteroatoms. The largest absolute Gasteiger partial charge is 0.490 e. The van der Waals surface area contributed by atoms with E-state index in [1.807, 2.05) is 0 Å². The first-order valence-corrected chi connectivity index (χ1v) is 12.8. The molecular weight excluding hydrogens is 487 g/mol. The number of nitrogen functional groups attached to an aromatic ring is 1. The number of hydrogen-bond donors (Lipinski definition) is 6. The molecule has 2 aromatic heterocycles. The standard InChI is InChI=1S/C11H18N5O12P3/c1-5-2-6(3-25-30(21,22)28-31(23,24)27-29(18,19)20)26-10(5)16-4-13-7-8(16)14-11(12)15-9(7)17/h4-6,10H,2-3H2,1H3,(H,21,22)(H,23,24)(H2,18,19,20)(H3,12,14,15,17)/t5-,6-,10?/m0/s1. The summed E-state index contributed by atoms with van der Waals surface area (Å²) in [4.78, 5) is 57.9. The molecule has 31 heavy (non-hydrogen) atoms. The fourth-order valence-corrected chi connectivity index (χ4v) is 6.02. The molecule has 1 aliphatic heterocycles. The Hall–Kier alpha value is -1.48. The Morgan fingerprint density at radius 2 is 1.94 bits per heavy atom. The Labute approximate surface area is 172 Å². The maximum absolute atomic E-state index is 11.9. The summed E-state index contributed by atoms with van der Waals surface area (Å²) in [5, 5.41) is 0. The Kier molecular flexibility index (Phi) is 6.60. The smallest absolute Gasteiger partial charge is 0.369 e. The van der Waals surface area contributed by atoms with Crippen molar-refractivity contribution in [1.29, 1.82) is 0 Å². The van der Waals surface area contributed by atoms with Crippen molar-refractivity contribution in [2.45, 2.75) is 25.7 Å². The molecule has 0 aromatic carbocycles. The second-order valence-electron chi connectivity index (χ2n) is 6.52. The van der Waals surface area contributed by atoms with Crippen LogP contribution in [-0.4, -0.2) is 51.8 Å². The van der Waals surface area contributed by atoms with Crippen molar-refractivity contribution >= 4 is 40.6 Å². The zero-order valence-electron chi connectivity index (χ0n) is 15.5. The first kappa shape index (κ1) is 24.2. The quantitative estimate of drug-likeness (QED) is 0.257. The van der Waals surface area contributed by atoms with Gasteiger partial charge in [0.25, 0.3) is 5.56 Å². The normalized spacial score (nSPS) is 26.0. The summed E-state index contributed by atoms with van der Waals surface area (Å²) in [6, 6.07) is 0. The van der Waals surface area contributed by atoms with Crippen molar-refractivity contribution in [1.82, 2.24) is 19.5 Å². The molecule has 3 unspecified atom stereocenters. The molecule has 5 atom stereocenters. The minimum Gasteiger partial charge on any atom is -0.369 e. The van der Waals surface area contributed by atoms with E-state index in [-0.39, 0.29) is 23.0 Å². The van der Waals surface area contributed by atoms with E-state index < -0.39 is 48.0 Å². The second-order valence-corrected chi connectivity index (χ2v) is 10.9. The molecule has 174 valence electrons. The number of nitrogens with one attached hydrogen (secondary N) is 1. The molecule has 0 saturated carbocycles. The van der Waals surface area contributed by atoms with Crippen LogP contribution in [0.2, 0.25) is 0 Å². The fourth-order valence-electron chi connectivity index (χ4n) is 2.97. The molecule has 0 aliphatic carbocycles. The number of phosphoric acid groups is 3. The van der Waals surface area contributed by atoms with E-state index in [0.717, 1.165) is 0 Å². The van der Waals surface area contributed by atoms with Gasteiger partial charge in [-0.25, -0.2) is 18.7 Å². The summed E-state index contributed by atoms with van der Waals surface area (Å²) in [6.07, 6.45) is 0.103. The minimum absolute atomic E-state index is 0.0294. The number of nitrogens with zero attached hydrogens (tertiary/aromatic N) is 3. The summed E-state index contributed by atoms with van der Waals surface area (Å²) in [6.45, 7) is 1.19. The number of fused-ring (bicyclic) bond motifs is 1. The van der Waals surface area contributed by atoms with E-state index in [4.69, 9.17) is 25.2 Å². The lowest BCUT2D eigenvalue weighted by Gasteiger charge is -2.19. The first-order chi connectivity index (χ1) is 14.2. The van der Waals surface area contributed by atoms with E-state index in [9.17, 15) is 23.4 Å². The Bertz CT molecular complexity index is 1170. The van der Waals surface area contributed by atoms with E-state index >= 15 is 0 Å². The number of imidazole rings is 1. The van der Waals surface area contributed by atoms with Gasteiger partial charge in [-0.2, -0.15) is 13.6 Å². The molecular formula is C11H18N5O12P3. The van der Waals surface area contributed by atoms with Gasteiger partial charge < -0.3 is 30.0 Å². The van der Waals surface area contributed by atoms with E-state index in [1.54, 1.807) is 6.92 Å². The lowest BCUT2D eigenvalue weighted by molar-refractivity contribution is -0.0290. The predicted octanol–water partition coefficient (Wildman–Crippen LogP) is -0.0313. The number of H-pyrrole nitrogens is 1. The molecule has 3 heterocycles. The second kappa shape index (κ2) is 8.46. The number of aromatic nitrogens is 4. The molecule has 7 N–H and O–H groups in total. The van der Waals surface area contributed by atoms with Crippen LogP contribution in [0.25, 0.3) is 11.2 Å². The van der Waals surface area contributed by atoms with Crippen LogP contribution in [0, 0.1) is 5.92 Å².